The molecule has 2 aromatic rings. The Morgan fingerprint density at radius 3 is 3.00 bits per heavy atom. The second-order valence-electron chi connectivity index (χ2n) is 3.12. The van der Waals surface area contributed by atoms with Crippen LogP contribution < -0.4 is 0 Å². The zero-order chi connectivity index (χ0) is 9.42. The molecule has 0 spiro atoms. The van der Waals surface area contributed by atoms with Crippen molar-refractivity contribution in [2.24, 2.45) is 0 Å². The Morgan fingerprint density at radius 2 is 2.31 bits per heavy atom. The van der Waals surface area contributed by atoms with Gasteiger partial charge in [0.2, 0.25) is 0 Å². The highest BCUT2D eigenvalue weighted by Crippen LogP contribution is 2.10. The van der Waals surface area contributed by atoms with Crippen LogP contribution in [0.15, 0.2) is 18.3 Å². The maximum atomic E-state index is 9.30. The summed E-state index contributed by atoms with van der Waals surface area (Å²) in [6, 6.07) is 3.65. The normalized spacial score (nSPS) is 13.5. The minimum absolute atomic E-state index is 0.528. The van der Waals surface area contributed by atoms with Crippen molar-refractivity contribution in [1.29, 1.82) is 0 Å². The van der Waals surface area contributed by atoms with Gasteiger partial charge in [-0.05, 0) is 19.9 Å². The van der Waals surface area contributed by atoms with Crippen LogP contribution in [0.3, 0.4) is 0 Å². The van der Waals surface area contributed by atoms with Crippen LogP contribution >= 0.6 is 0 Å². The Bertz CT molecular complexity index is 433. The van der Waals surface area contributed by atoms with Gasteiger partial charge in [0, 0.05) is 12.3 Å². The molecular weight excluding hydrogens is 166 g/mol. The van der Waals surface area contributed by atoms with E-state index in [1.807, 2.05) is 13.0 Å². The lowest BCUT2D eigenvalue weighted by Crippen LogP contribution is -1.98. The molecule has 0 amide bonds. The topological polar surface area (TPSA) is 50.4 Å². The summed E-state index contributed by atoms with van der Waals surface area (Å²) < 4.78 is 1.70. The van der Waals surface area contributed by atoms with Crippen molar-refractivity contribution in [1.82, 2.24) is 14.6 Å². The molecule has 0 bridgehead atoms. The van der Waals surface area contributed by atoms with Crippen LogP contribution in [0.25, 0.3) is 5.65 Å². The number of aliphatic hydroxyl groups excluding tert-OH is 1. The first-order valence-electron chi connectivity index (χ1n) is 4.18. The first kappa shape index (κ1) is 8.19. The number of aryl methyl sites for hydroxylation is 1. The van der Waals surface area contributed by atoms with Gasteiger partial charge < -0.3 is 5.11 Å². The smallest absolute Gasteiger partial charge is 0.155 e. The summed E-state index contributed by atoms with van der Waals surface area (Å²) in [5.74, 6) is 0. The lowest BCUT2D eigenvalue weighted by Gasteiger charge is -2.02. The molecule has 0 aromatic carbocycles. The van der Waals surface area contributed by atoms with E-state index in [0.717, 1.165) is 11.3 Å². The van der Waals surface area contributed by atoms with Crippen molar-refractivity contribution in [3.05, 3.63) is 29.7 Å². The largest absolute Gasteiger partial charge is 0.387 e. The molecule has 4 nitrogen and oxygen atoms in total. The summed E-state index contributed by atoms with van der Waals surface area (Å²) in [7, 11) is 0. The molecule has 2 aromatic heterocycles. The summed E-state index contributed by atoms with van der Waals surface area (Å²) in [5.41, 5.74) is 2.37. The minimum atomic E-state index is -0.528. The van der Waals surface area contributed by atoms with Gasteiger partial charge in [-0.25, -0.2) is 9.50 Å². The zero-order valence-electron chi connectivity index (χ0n) is 7.60. The highest BCUT2D eigenvalue weighted by molar-refractivity contribution is 5.39. The fourth-order valence-corrected chi connectivity index (χ4v) is 1.25. The molecule has 1 atom stereocenters. The average Bonchev–Trinajstić information content (AvgIpc) is 2.42. The summed E-state index contributed by atoms with van der Waals surface area (Å²) in [4.78, 5) is 4.25. The molecular formula is C9H11N3O. The maximum Gasteiger partial charge on any atom is 0.155 e. The van der Waals surface area contributed by atoms with Crippen LogP contribution in [0.5, 0.6) is 0 Å². The van der Waals surface area contributed by atoms with Gasteiger partial charge in [0.15, 0.2) is 5.65 Å². The number of aliphatic hydroxyl groups is 1. The number of rotatable bonds is 1. The van der Waals surface area contributed by atoms with Crippen LogP contribution in [0.2, 0.25) is 0 Å². The van der Waals surface area contributed by atoms with Gasteiger partial charge >= 0.3 is 0 Å². The third kappa shape index (κ3) is 1.40. The standard InChI is InChI=1S/C9H11N3O/c1-6-5-9-10-8(7(2)13)3-4-12(9)11-6/h3-5,7,13H,1-2H3. The molecule has 1 unspecified atom stereocenters. The van der Waals surface area contributed by atoms with Crippen molar-refractivity contribution in [3.63, 3.8) is 0 Å². The molecule has 4 heteroatoms. The molecule has 0 aliphatic rings. The Labute approximate surface area is 75.8 Å². The molecule has 2 rings (SSSR count). The van der Waals surface area contributed by atoms with Gasteiger partial charge in [-0.1, -0.05) is 0 Å². The minimum Gasteiger partial charge on any atom is -0.387 e. The monoisotopic (exact) mass is 177 g/mol. The lowest BCUT2D eigenvalue weighted by atomic mass is 10.3. The number of hydrogen-bond acceptors (Lipinski definition) is 3. The van der Waals surface area contributed by atoms with Gasteiger partial charge in [-0.3, -0.25) is 0 Å². The van der Waals surface area contributed by atoms with E-state index >= 15 is 0 Å². The Morgan fingerprint density at radius 1 is 1.54 bits per heavy atom. The van der Waals surface area contributed by atoms with Gasteiger partial charge in [0.25, 0.3) is 0 Å². The van der Waals surface area contributed by atoms with E-state index in [1.165, 1.54) is 0 Å². The third-order valence-corrected chi connectivity index (χ3v) is 1.90. The van der Waals surface area contributed by atoms with Crippen molar-refractivity contribution in [2.45, 2.75) is 20.0 Å². The second-order valence-corrected chi connectivity index (χ2v) is 3.12. The maximum absolute atomic E-state index is 9.30. The molecule has 68 valence electrons. The van der Waals surface area contributed by atoms with Gasteiger partial charge in [-0.2, -0.15) is 5.10 Å². The van der Waals surface area contributed by atoms with E-state index < -0.39 is 6.10 Å². The van der Waals surface area contributed by atoms with Crippen LogP contribution in [-0.4, -0.2) is 19.7 Å². The summed E-state index contributed by atoms with van der Waals surface area (Å²) >= 11 is 0. The van der Waals surface area contributed by atoms with Gasteiger partial charge in [-0.15, -0.1) is 0 Å². The number of fused-ring (bicyclic) bond motifs is 1. The Kier molecular flexibility index (Phi) is 1.77. The quantitative estimate of drug-likeness (QED) is 0.709. The lowest BCUT2D eigenvalue weighted by molar-refractivity contribution is 0.194. The zero-order valence-corrected chi connectivity index (χ0v) is 7.60. The van der Waals surface area contributed by atoms with E-state index in [1.54, 1.807) is 23.7 Å². The fourth-order valence-electron chi connectivity index (χ4n) is 1.25. The molecule has 13 heavy (non-hydrogen) atoms. The highest BCUT2D eigenvalue weighted by atomic mass is 16.3. The molecule has 0 aliphatic heterocycles. The van der Waals surface area contributed by atoms with E-state index in [0.29, 0.717) is 5.69 Å². The number of hydrogen-bond donors (Lipinski definition) is 1. The second kappa shape index (κ2) is 2.81. The summed E-state index contributed by atoms with van der Waals surface area (Å²) in [6.07, 6.45) is 1.28. The van der Waals surface area contributed by atoms with Crippen molar-refractivity contribution in [2.75, 3.05) is 0 Å². The van der Waals surface area contributed by atoms with Crippen molar-refractivity contribution in [3.8, 4) is 0 Å². The fraction of sp³-hybridized carbons (Fsp3) is 0.333. The molecule has 0 fully saturated rings. The van der Waals surface area contributed by atoms with Crippen LogP contribution in [-0.2, 0) is 0 Å². The first-order valence-corrected chi connectivity index (χ1v) is 4.18. The van der Waals surface area contributed by atoms with E-state index in [4.69, 9.17) is 0 Å². The van der Waals surface area contributed by atoms with E-state index in [2.05, 4.69) is 10.1 Å². The molecule has 0 saturated heterocycles. The average molecular weight is 177 g/mol. The third-order valence-electron chi connectivity index (χ3n) is 1.90. The Hall–Kier alpha value is -1.42. The Balaban J connectivity index is 2.61. The summed E-state index contributed by atoms with van der Waals surface area (Å²) in [5, 5.41) is 13.5. The predicted molar refractivity (Wildman–Crippen MR) is 48.4 cm³/mol. The number of nitrogens with zero attached hydrogens (tertiary/aromatic N) is 3. The van der Waals surface area contributed by atoms with Crippen molar-refractivity contribution < 1.29 is 5.11 Å². The van der Waals surface area contributed by atoms with Crippen LogP contribution in [0, 0.1) is 6.92 Å². The van der Waals surface area contributed by atoms with E-state index in [9.17, 15) is 5.11 Å². The predicted octanol–water partition coefficient (Wildman–Crippen LogP) is 1.09. The highest BCUT2D eigenvalue weighted by Gasteiger charge is 2.04. The molecule has 0 radical (unpaired) electrons. The van der Waals surface area contributed by atoms with E-state index in [-0.39, 0.29) is 0 Å². The molecule has 1 N–H and O–H groups in total. The first-order chi connectivity index (χ1) is 6.16. The van der Waals surface area contributed by atoms with Crippen molar-refractivity contribution >= 4 is 5.65 Å². The number of aromatic nitrogens is 3. The van der Waals surface area contributed by atoms with Crippen LogP contribution in [0.4, 0.5) is 0 Å². The molecule has 2 heterocycles. The van der Waals surface area contributed by atoms with Gasteiger partial charge in [0.05, 0.1) is 17.5 Å². The van der Waals surface area contributed by atoms with Crippen LogP contribution in [0.1, 0.15) is 24.4 Å². The summed E-state index contributed by atoms with van der Waals surface area (Å²) in [6.45, 7) is 3.61. The molecule has 0 saturated carbocycles. The van der Waals surface area contributed by atoms with Gasteiger partial charge in [0.1, 0.15) is 0 Å². The molecule has 0 aliphatic carbocycles. The SMILES string of the molecule is Cc1cc2nc(C(C)O)ccn2n1.